The highest BCUT2D eigenvalue weighted by atomic mass is 32.2. The van der Waals surface area contributed by atoms with Gasteiger partial charge in [0.2, 0.25) is 21.8 Å². The van der Waals surface area contributed by atoms with Crippen LogP contribution in [0.1, 0.15) is 38.3 Å². The maximum atomic E-state index is 13.6. The van der Waals surface area contributed by atoms with Crippen LogP contribution in [-0.4, -0.2) is 50.0 Å². The maximum Gasteiger partial charge on any atom is 0.244 e. The number of ether oxygens (including phenoxy) is 1. The number of nitrogens with zero attached hydrogens (tertiary/aromatic N) is 2. The number of carbonyl (C=O) groups is 2. The van der Waals surface area contributed by atoms with Gasteiger partial charge in [-0.15, -0.1) is 0 Å². The van der Waals surface area contributed by atoms with E-state index in [0.717, 1.165) is 28.1 Å². The van der Waals surface area contributed by atoms with Gasteiger partial charge in [0.15, 0.2) is 0 Å². The van der Waals surface area contributed by atoms with Crippen LogP contribution in [0.5, 0.6) is 5.75 Å². The van der Waals surface area contributed by atoms with Crippen LogP contribution in [0.4, 0.5) is 5.69 Å². The number of carbonyl (C=O) groups excluding carboxylic acids is 2. The van der Waals surface area contributed by atoms with Crippen LogP contribution in [0.3, 0.4) is 0 Å². The third-order valence-electron chi connectivity index (χ3n) is 6.42. The summed E-state index contributed by atoms with van der Waals surface area (Å²) in [4.78, 5) is 28.0. The van der Waals surface area contributed by atoms with Crippen LogP contribution < -0.4 is 14.4 Å². The minimum atomic E-state index is -3.81. The van der Waals surface area contributed by atoms with Gasteiger partial charge in [0.05, 0.1) is 11.9 Å². The molecule has 39 heavy (non-hydrogen) atoms. The standard InChI is InChI=1S/C30H37N3O5S/c1-5-23(2)31-30(35)24(3)32(20-25-12-8-6-9-13-25)29(34)21-33(39(4,36)37)27-16-18-28(19-17-27)38-22-26-14-10-7-11-15-26/h6-19,23-24H,5,20-22H2,1-4H3,(H,31,35)/t23-,24+/m1/s1. The summed E-state index contributed by atoms with van der Waals surface area (Å²) >= 11 is 0. The number of hydrogen-bond donors (Lipinski definition) is 1. The first-order chi connectivity index (χ1) is 18.6. The van der Waals surface area contributed by atoms with Crippen molar-refractivity contribution in [3.8, 4) is 5.75 Å². The summed E-state index contributed by atoms with van der Waals surface area (Å²) in [6.45, 7) is 5.61. The molecule has 0 spiro atoms. The molecule has 2 amide bonds. The highest BCUT2D eigenvalue weighted by Crippen LogP contribution is 2.23. The second-order valence-electron chi connectivity index (χ2n) is 9.54. The van der Waals surface area contributed by atoms with E-state index in [1.807, 2.05) is 74.5 Å². The molecule has 0 radical (unpaired) electrons. The fraction of sp³-hybridized carbons (Fsp3) is 0.333. The molecule has 3 aromatic carbocycles. The predicted octanol–water partition coefficient (Wildman–Crippen LogP) is 4.36. The average Bonchev–Trinajstić information content (AvgIpc) is 2.93. The lowest BCUT2D eigenvalue weighted by Gasteiger charge is -2.32. The molecule has 0 aromatic heterocycles. The Labute approximate surface area is 231 Å². The largest absolute Gasteiger partial charge is 0.489 e. The molecule has 8 nitrogen and oxygen atoms in total. The Bertz CT molecular complexity index is 1320. The van der Waals surface area contributed by atoms with E-state index in [2.05, 4.69) is 5.32 Å². The molecule has 0 saturated heterocycles. The first kappa shape index (κ1) is 29.7. The third-order valence-corrected chi connectivity index (χ3v) is 7.56. The lowest BCUT2D eigenvalue weighted by Crippen LogP contribution is -2.52. The lowest BCUT2D eigenvalue weighted by molar-refractivity contribution is -0.139. The number of nitrogens with one attached hydrogen (secondary N) is 1. The first-order valence-electron chi connectivity index (χ1n) is 13.0. The fourth-order valence-corrected chi connectivity index (χ4v) is 4.74. The summed E-state index contributed by atoms with van der Waals surface area (Å²) in [7, 11) is -3.81. The molecule has 0 fully saturated rings. The second kappa shape index (κ2) is 13.8. The van der Waals surface area contributed by atoms with Crippen LogP contribution in [0.15, 0.2) is 84.9 Å². The first-order valence-corrected chi connectivity index (χ1v) is 14.8. The Balaban J connectivity index is 1.80. The van der Waals surface area contributed by atoms with Gasteiger partial charge in [0.1, 0.15) is 24.9 Å². The Morgan fingerprint density at radius 2 is 1.44 bits per heavy atom. The summed E-state index contributed by atoms with van der Waals surface area (Å²) < 4.78 is 32.4. The Hall–Kier alpha value is -3.85. The number of benzene rings is 3. The van der Waals surface area contributed by atoms with Crippen LogP contribution in [0, 0.1) is 0 Å². The van der Waals surface area contributed by atoms with Gasteiger partial charge in [0.25, 0.3) is 0 Å². The van der Waals surface area contributed by atoms with Crippen molar-refractivity contribution in [2.45, 2.75) is 52.4 Å². The zero-order chi connectivity index (χ0) is 28.4. The number of anilines is 1. The van der Waals surface area contributed by atoms with Crippen molar-refractivity contribution >= 4 is 27.5 Å². The molecule has 0 saturated carbocycles. The van der Waals surface area contributed by atoms with Gasteiger partial charge in [-0.2, -0.15) is 0 Å². The molecule has 0 aliphatic heterocycles. The van der Waals surface area contributed by atoms with E-state index in [1.165, 1.54) is 4.90 Å². The van der Waals surface area contributed by atoms with Gasteiger partial charge in [0, 0.05) is 12.6 Å². The van der Waals surface area contributed by atoms with E-state index in [0.29, 0.717) is 18.0 Å². The van der Waals surface area contributed by atoms with E-state index in [4.69, 9.17) is 4.74 Å². The van der Waals surface area contributed by atoms with Gasteiger partial charge in [-0.1, -0.05) is 67.6 Å². The Morgan fingerprint density at radius 1 is 0.872 bits per heavy atom. The topological polar surface area (TPSA) is 96.0 Å². The minimum Gasteiger partial charge on any atom is -0.489 e. The van der Waals surface area contributed by atoms with Crippen molar-refractivity contribution in [2.24, 2.45) is 0 Å². The molecule has 3 rings (SSSR count). The van der Waals surface area contributed by atoms with Crippen molar-refractivity contribution < 1.29 is 22.7 Å². The average molecular weight is 552 g/mol. The zero-order valence-electron chi connectivity index (χ0n) is 22.9. The fourth-order valence-electron chi connectivity index (χ4n) is 3.89. The summed E-state index contributed by atoms with van der Waals surface area (Å²) in [6, 6.07) is 24.7. The monoisotopic (exact) mass is 551 g/mol. The Kier molecular flexibility index (Phi) is 10.5. The molecule has 3 aromatic rings. The normalized spacial score (nSPS) is 12.7. The molecule has 0 aliphatic carbocycles. The summed E-state index contributed by atoms with van der Waals surface area (Å²) in [5, 5.41) is 2.92. The van der Waals surface area contributed by atoms with Gasteiger partial charge in [-0.25, -0.2) is 8.42 Å². The highest BCUT2D eigenvalue weighted by molar-refractivity contribution is 7.92. The molecule has 0 bridgehead atoms. The molecule has 0 unspecified atom stereocenters. The number of rotatable bonds is 13. The maximum absolute atomic E-state index is 13.6. The smallest absolute Gasteiger partial charge is 0.244 e. The lowest BCUT2D eigenvalue weighted by atomic mass is 10.1. The van der Waals surface area contributed by atoms with E-state index >= 15 is 0 Å². The molecule has 208 valence electrons. The third kappa shape index (κ3) is 8.85. The predicted molar refractivity (Wildman–Crippen MR) is 154 cm³/mol. The number of hydrogen-bond acceptors (Lipinski definition) is 5. The van der Waals surface area contributed by atoms with E-state index < -0.39 is 28.5 Å². The van der Waals surface area contributed by atoms with Crippen molar-refractivity contribution in [1.82, 2.24) is 10.2 Å². The van der Waals surface area contributed by atoms with Crippen LogP contribution in [0.2, 0.25) is 0 Å². The summed E-state index contributed by atoms with van der Waals surface area (Å²) in [5.41, 5.74) is 2.17. The van der Waals surface area contributed by atoms with E-state index in [-0.39, 0.29) is 18.5 Å². The molecule has 0 aliphatic rings. The molecule has 9 heteroatoms. The molecule has 2 atom stereocenters. The molecule has 0 heterocycles. The zero-order valence-corrected chi connectivity index (χ0v) is 23.7. The SMILES string of the molecule is CC[C@@H](C)NC(=O)[C@H](C)N(Cc1ccccc1)C(=O)CN(c1ccc(OCc2ccccc2)cc1)S(C)(=O)=O. The molecular formula is C30H37N3O5S. The number of sulfonamides is 1. The van der Waals surface area contributed by atoms with E-state index in [1.54, 1.807) is 31.2 Å². The quantitative estimate of drug-likeness (QED) is 0.341. The summed E-state index contributed by atoms with van der Waals surface area (Å²) in [5.74, 6) is -0.205. The van der Waals surface area contributed by atoms with Gasteiger partial charge >= 0.3 is 0 Å². The van der Waals surface area contributed by atoms with Crippen LogP contribution in [-0.2, 0) is 32.8 Å². The second-order valence-corrected chi connectivity index (χ2v) is 11.4. The van der Waals surface area contributed by atoms with Crippen molar-refractivity contribution in [2.75, 3.05) is 17.1 Å². The van der Waals surface area contributed by atoms with Crippen LogP contribution >= 0.6 is 0 Å². The van der Waals surface area contributed by atoms with Crippen molar-refractivity contribution in [1.29, 1.82) is 0 Å². The molecule has 1 N–H and O–H groups in total. The van der Waals surface area contributed by atoms with Gasteiger partial charge < -0.3 is 15.0 Å². The van der Waals surface area contributed by atoms with Crippen molar-refractivity contribution in [3.63, 3.8) is 0 Å². The highest BCUT2D eigenvalue weighted by Gasteiger charge is 2.30. The minimum absolute atomic E-state index is 0.0521. The molecular weight excluding hydrogens is 514 g/mol. The van der Waals surface area contributed by atoms with E-state index in [9.17, 15) is 18.0 Å². The van der Waals surface area contributed by atoms with Crippen molar-refractivity contribution in [3.05, 3.63) is 96.1 Å². The summed E-state index contributed by atoms with van der Waals surface area (Å²) in [6.07, 6.45) is 1.80. The Morgan fingerprint density at radius 3 is 1.97 bits per heavy atom. The van der Waals surface area contributed by atoms with Gasteiger partial charge in [-0.05, 0) is 55.7 Å². The van der Waals surface area contributed by atoms with Crippen LogP contribution in [0.25, 0.3) is 0 Å². The van der Waals surface area contributed by atoms with Gasteiger partial charge in [-0.3, -0.25) is 13.9 Å². The number of amides is 2.